The second-order valence-electron chi connectivity index (χ2n) is 2.25. The Morgan fingerprint density at radius 3 is 3.11 bits per heavy atom. The predicted molar refractivity (Wildman–Crippen MR) is 37.7 cm³/mol. The fraction of sp³-hybridized carbons (Fsp3) is 0.667. The van der Waals surface area contributed by atoms with E-state index in [1.165, 1.54) is 0 Å². The highest BCUT2D eigenvalue weighted by molar-refractivity contribution is 5.02. The average molecular weight is 127 g/mol. The summed E-state index contributed by atoms with van der Waals surface area (Å²) in [5.41, 5.74) is 0. The zero-order valence-corrected chi connectivity index (χ0v) is 5.67. The molecule has 3 nitrogen and oxygen atoms in total. The molecule has 0 aromatic heterocycles. The van der Waals surface area contributed by atoms with E-state index in [2.05, 4.69) is 17.5 Å². The van der Waals surface area contributed by atoms with Crippen molar-refractivity contribution in [1.82, 2.24) is 10.3 Å². The van der Waals surface area contributed by atoms with E-state index in [4.69, 9.17) is 5.84 Å². The third-order valence-electron chi connectivity index (χ3n) is 1.51. The quantitative estimate of drug-likeness (QED) is 0.381. The lowest BCUT2D eigenvalue weighted by atomic mass is 10.3. The van der Waals surface area contributed by atoms with Crippen molar-refractivity contribution in [2.45, 2.75) is 6.04 Å². The fourth-order valence-corrected chi connectivity index (χ4v) is 0.980. The van der Waals surface area contributed by atoms with Crippen LogP contribution in [0.3, 0.4) is 0 Å². The van der Waals surface area contributed by atoms with Crippen LogP contribution in [0.4, 0.5) is 0 Å². The second-order valence-corrected chi connectivity index (χ2v) is 2.25. The van der Waals surface area contributed by atoms with Crippen molar-refractivity contribution in [3.63, 3.8) is 0 Å². The van der Waals surface area contributed by atoms with Crippen LogP contribution in [0.25, 0.3) is 0 Å². The molecule has 1 heterocycles. The number of nitrogens with one attached hydrogen (secondary N) is 1. The molecule has 3 N–H and O–H groups in total. The summed E-state index contributed by atoms with van der Waals surface area (Å²) >= 11 is 0. The molecule has 1 atom stereocenters. The first kappa shape index (κ1) is 6.74. The number of rotatable bonds is 2. The van der Waals surface area contributed by atoms with Crippen LogP contribution >= 0.6 is 0 Å². The van der Waals surface area contributed by atoms with Gasteiger partial charge in [0.1, 0.15) is 0 Å². The van der Waals surface area contributed by atoms with Crippen molar-refractivity contribution in [2.75, 3.05) is 20.1 Å². The highest BCUT2D eigenvalue weighted by Gasteiger charge is 2.13. The van der Waals surface area contributed by atoms with Crippen LogP contribution in [0.2, 0.25) is 0 Å². The summed E-state index contributed by atoms with van der Waals surface area (Å²) in [5.74, 6) is 5.60. The lowest BCUT2D eigenvalue weighted by Gasteiger charge is -2.17. The van der Waals surface area contributed by atoms with Crippen LogP contribution in [0.15, 0.2) is 12.2 Å². The molecule has 3 heteroatoms. The predicted octanol–water partition coefficient (Wildman–Crippen LogP) is -0.680. The molecule has 0 bridgehead atoms. The molecular formula is C6H13N3. The van der Waals surface area contributed by atoms with E-state index in [-0.39, 0.29) is 0 Å². The minimum atomic E-state index is 0.398. The van der Waals surface area contributed by atoms with E-state index >= 15 is 0 Å². The molecular weight excluding hydrogens is 114 g/mol. The number of nitrogens with two attached hydrogens (primary N) is 1. The number of likely N-dealkylation sites (N-methyl/N-ethyl adjacent to an activating group) is 1. The zero-order chi connectivity index (χ0) is 6.69. The van der Waals surface area contributed by atoms with Gasteiger partial charge in [0.2, 0.25) is 0 Å². The summed E-state index contributed by atoms with van der Waals surface area (Å²) in [6.45, 7) is 1.82. The first-order valence-electron chi connectivity index (χ1n) is 3.17. The Hall–Kier alpha value is -0.380. The summed E-state index contributed by atoms with van der Waals surface area (Å²) in [7, 11) is 1.93. The van der Waals surface area contributed by atoms with Crippen molar-refractivity contribution >= 4 is 0 Å². The zero-order valence-electron chi connectivity index (χ0n) is 5.67. The van der Waals surface area contributed by atoms with E-state index < -0.39 is 0 Å². The summed E-state index contributed by atoms with van der Waals surface area (Å²) in [5, 5.41) is 4.88. The van der Waals surface area contributed by atoms with Crippen molar-refractivity contribution in [1.29, 1.82) is 0 Å². The average Bonchev–Trinajstić information content (AvgIpc) is 2.18. The Balaban J connectivity index is 2.31. The molecule has 52 valence electrons. The maximum atomic E-state index is 5.60. The molecule has 1 aliphatic heterocycles. The van der Waals surface area contributed by atoms with E-state index in [9.17, 15) is 0 Å². The molecule has 0 aromatic rings. The van der Waals surface area contributed by atoms with E-state index in [0.29, 0.717) is 6.04 Å². The van der Waals surface area contributed by atoms with Crippen LogP contribution < -0.4 is 11.2 Å². The summed E-state index contributed by atoms with van der Waals surface area (Å²) < 4.78 is 0. The standard InChI is InChI=1S/C6H13N3/c1-8-5-6-3-2-4-9(6)7/h2-3,6,8H,4-5,7H2,1H3. The number of hydrogen-bond acceptors (Lipinski definition) is 3. The third kappa shape index (κ3) is 1.51. The molecule has 0 saturated carbocycles. The normalized spacial score (nSPS) is 27.6. The van der Waals surface area contributed by atoms with Crippen LogP contribution in [0.5, 0.6) is 0 Å². The van der Waals surface area contributed by atoms with Crippen LogP contribution in [-0.2, 0) is 0 Å². The fourth-order valence-electron chi connectivity index (χ4n) is 0.980. The van der Waals surface area contributed by atoms with Crippen LogP contribution in [-0.4, -0.2) is 31.2 Å². The molecule has 1 rings (SSSR count). The van der Waals surface area contributed by atoms with Crippen LogP contribution in [0, 0.1) is 0 Å². The van der Waals surface area contributed by atoms with Gasteiger partial charge in [0.15, 0.2) is 0 Å². The monoisotopic (exact) mass is 127 g/mol. The van der Waals surface area contributed by atoms with Gasteiger partial charge in [-0.3, -0.25) is 5.84 Å². The maximum Gasteiger partial charge on any atom is 0.0549 e. The maximum absolute atomic E-state index is 5.60. The van der Waals surface area contributed by atoms with Gasteiger partial charge >= 0.3 is 0 Å². The van der Waals surface area contributed by atoms with Crippen molar-refractivity contribution in [3.05, 3.63) is 12.2 Å². The van der Waals surface area contributed by atoms with Gasteiger partial charge in [0.05, 0.1) is 6.04 Å². The Morgan fingerprint density at radius 2 is 2.67 bits per heavy atom. The molecule has 1 unspecified atom stereocenters. The summed E-state index contributed by atoms with van der Waals surface area (Å²) in [6, 6.07) is 0.398. The van der Waals surface area contributed by atoms with E-state index in [1.54, 1.807) is 0 Å². The third-order valence-corrected chi connectivity index (χ3v) is 1.51. The summed E-state index contributed by atoms with van der Waals surface area (Å²) in [4.78, 5) is 0. The minimum absolute atomic E-state index is 0.398. The second kappa shape index (κ2) is 2.96. The molecule has 0 aliphatic carbocycles. The van der Waals surface area contributed by atoms with Gasteiger partial charge in [0.25, 0.3) is 0 Å². The number of hydrogen-bond donors (Lipinski definition) is 2. The van der Waals surface area contributed by atoms with Crippen LogP contribution in [0.1, 0.15) is 0 Å². The lowest BCUT2D eigenvalue weighted by Crippen LogP contribution is -2.41. The molecule has 0 aromatic carbocycles. The Kier molecular flexibility index (Phi) is 2.22. The minimum Gasteiger partial charge on any atom is -0.318 e. The van der Waals surface area contributed by atoms with Gasteiger partial charge < -0.3 is 5.32 Å². The number of nitrogens with zero attached hydrogens (tertiary/aromatic N) is 1. The Labute approximate surface area is 55.5 Å². The van der Waals surface area contributed by atoms with E-state index in [0.717, 1.165) is 13.1 Å². The Morgan fingerprint density at radius 1 is 1.89 bits per heavy atom. The first-order valence-corrected chi connectivity index (χ1v) is 3.17. The van der Waals surface area contributed by atoms with E-state index in [1.807, 2.05) is 12.1 Å². The van der Waals surface area contributed by atoms with Crippen molar-refractivity contribution in [2.24, 2.45) is 5.84 Å². The molecule has 0 radical (unpaired) electrons. The number of hydrazine groups is 1. The molecule has 0 fully saturated rings. The molecule has 0 spiro atoms. The van der Waals surface area contributed by atoms with Gasteiger partial charge in [-0.1, -0.05) is 12.2 Å². The topological polar surface area (TPSA) is 41.3 Å². The first-order chi connectivity index (χ1) is 4.34. The smallest absolute Gasteiger partial charge is 0.0549 e. The molecule has 1 aliphatic rings. The van der Waals surface area contributed by atoms with Gasteiger partial charge in [-0.2, -0.15) is 0 Å². The van der Waals surface area contributed by atoms with Crippen molar-refractivity contribution in [3.8, 4) is 0 Å². The lowest BCUT2D eigenvalue weighted by molar-refractivity contribution is 0.278. The molecule has 9 heavy (non-hydrogen) atoms. The largest absolute Gasteiger partial charge is 0.318 e. The summed E-state index contributed by atoms with van der Waals surface area (Å²) in [6.07, 6.45) is 4.21. The SMILES string of the molecule is CNCC1C=CCN1N. The Bertz CT molecular complexity index is 111. The molecule has 0 amide bonds. The highest BCUT2D eigenvalue weighted by atomic mass is 15.4. The van der Waals surface area contributed by atoms with Crippen molar-refractivity contribution < 1.29 is 0 Å². The molecule has 0 saturated heterocycles. The van der Waals surface area contributed by atoms with Gasteiger partial charge in [-0.25, -0.2) is 5.01 Å². The van der Waals surface area contributed by atoms with Gasteiger partial charge in [0, 0.05) is 13.1 Å². The highest BCUT2D eigenvalue weighted by Crippen LogP contribution is 2.01. The van der Waals surface area contributed by atoms with Gasteiger partial charge in [-0.15, -0.1) is 0 Å². The van der Waals surface area contributed by atoms with Gasteiger partial charge in [-0.05, 0) is 7.05 Å².